The van der Waals surface area contributed by atoms with E-state index in [-0.39, 0.29) is 11.4 Å². The Kier molecular flexibility index (Phi) is 3.69. The van der Waals surface area contributed by atoms with Gasteiger partial charge in [-0.1, -0.05) is 5.16 Å². The van der Waals surface area contributed by atoms with Crippen molar-refractivity contribution in [3.8, 4) is 11.6 Å². The number of nitrogens with one attached hydrogen (secondary N) is 1. The Bertz CT molecular complexity index is 604. The molecule has 2 aromatic heterocycles. The van der Waals surface area contributed by atoms with E-state index in [9.17, 15) is 4.39 Å². The normalized spacial score (nSPS) is 17.1. The fourth-order valence-corrected chi connectivity index (χ4v) is 2.44. The number of pyridine rings is 1. The molecular formula is C14H18FN5O. The zero-order chi connectivity index (χ0) is 14.9. The number of rotatable bonds is 3. The minimum Gasteiger partial charge on any atom is -0.332 e. The Morgan fingerprint density at radius 1 is 1.29 bits per heavy atom. The van der Waals surface area contributed by atoms with Crippen LogP contribution < -0.4 is 5.32 Å². The molecule has 0 amide bonds. The van der Waals surface area contributed by atoms with Crippen LogP contribution in [0.25, 0.3) is 11.6 Å². The molecule has 0 bridgehead atoms. The fraction of sp³-hybridized carbons (Fsp3) is 0.500. The molecule has 3 rings (SSSR count). The second kappa shape index (κ2) is 5.50. The summed E-state index contributed by atoms with van der Waals surface area (Å²) < 4.78 is 18.2. The predicted molar refractivity (Wildman–Crippen MR) is 75.0 cm³/mol. The van der Waals surface area contributed by atoms with E-state index in [1.54, 1.807) is 0 Å². The fourth-order valence-electron chi connectivity index (χ4n) is 2.44. The zero-order valence-corrected chi connectivity index (χ0v) is 12.1. The first-order valence-electron chi connectivity index (χ1n) is 6.99. The van der Waals surface area contributed by atoms with Crippen LogP contribution in [0.4, 0.5) is 4.39 Å². The van der Waals surface area contributed by atoms with Gasteiger partial charge in [0.25, 0.3) is 5.89 Å². The van der Waals surface area contributed by atoms with Gasteiger partial charge in [0.2, 0.25) is 0 Å². The number of halogens is 1. The second-order valence-corrected chi connectivity index (χ2v) is 5.58. The maximum absolute atomic E-state index is 12.9. The molecule has 112 valence electrons. The Morgan fingerprint density at radius 2 is 2.05 bits per heavy atom. The topological polar surface area (TPSA) is 67.1 Å². The molecular weight excluding hydrogens is 273 g/mol. The molecule has 21 heavy (non-hydrogen) atoms. The van der Waals surface area contributed by atoms with Crippen LogP contribution in [0.15, 0.2) is 22.9 Å². The Hall–Kier alpha value is -1.86. The van der Waals surface area contributed by atoms with E-state index < -0.39 is 0 Å². The molecule has 0 saturated carbocycles. The predicted octanol–water partition coefficient (Wildman–Crippen LogP) is 1.41. The number of hydrogen-bond acceptors (Lipinski definition) is 6. The molecule has 0 unspecified atom stereocenters. The summed E-state index contributed by atoms with van der Waals surface area (Å²) in [7, 11) is 0. The van der Waals surface area contributed by atoms with Crippen LogP contribution in [0.5, 0.6) is 0 Å². The molecule has 1 aliphatic heterocycles. The maximum atomic E-state index is 12.9. The van der Waals surface area contributed by atoms with Gasteiger partial charge in [0.15, 0.2) is 5.82 Å². The van der Waals surface area contributed by atoms with Gasteiger partial charge in [-0.2, -0.15) is 4.98 Å². The molecule has 0 aromatic carbocycles. The molecule has 1 fully saturated rings. The molecule has 0 atom stereocenters. The summed E-state index contributed by atoms with van der Waals surface area (Å²) in [5, 5.41) is 7.40. The maximum Gasteiger partial charge on any atom is 0.276 e. The smallest absolute Gasteiger partial charge is 0.276 e. The van der Waals surface area contributed by atoms with Crippen LogP contribution in [0.2, 0.25) is 0 Å². The molecule has 0 spiro atoms. The van der Waals surface area contributed by atoms with E-state index >= 15 is 0 Å². The Labute approximate surface area is 122 Å². The van der Waals surface area contributed by atoms with Gasteiger partial charge in [0.1, 0.15) is 11.5 Å². The van der Waals surface area contributed by atoms with Crippen LogP contribution in [0.3, 0.4) is 0 Å². The average Bonchev–Trinajstić information content (AvgIpc) is 2.99. The number of nitrogens with zero attached hydrogens (tertiary/aromatic N) is 4. The van der Waals surface area contributed by atoms with Crippen molar-refractivity contribution in [3.05, 3.63) is 30.0 Å². The van der Waals surface area contributed by atoms with E-state index in [0.717, 1.165) is 32.4 Å². The summed E-state index contributed by atoms with van der Waals surface area (Å²) in [4.78, 5) is 10.7. The van der Waals surface area contributed by atoms with Gasteiger partial charge in [0, 0.05) is 26.2 Å². The minimum absolute atomic E-state index is 0.313. The molecule has 1 N–H and O–H groups in total. The van der Waals surface area contributed by atoms with Crippen molar-refractivity contribution in [3.63, 3.8) is 0 Å². The van der Waals surface area contributed by atoms with Crippen molar-refractivity contribution >= 4 is 0 Å². The molecule has 0 aliphatic carbocycles. The third-order valence-corrected chi connectivity index (χ3v) is 3.83. The first kappa shape index (κ1) is 14.1. The quantitative estimate of drug-likeness (QED) is 0.922. The van der Waals surface area contributed by atoms with Gasteiger partial charge in [0.05, 0.1) is 11.7 Å². The summed E-state index contributed by atoms with van der Waals surface area (Å²) in [6, 6.07) is 2.86. The highest BCUT2D eigenvalue weighted by molar-refractivity contribution is 5.45. The van der Waals surface area contributed by atoms with Crippen molar-refractivity contribution in [1.29, 1.82) is 0 Å². The number of piperazine rings is 1. The van der Waals surface area contributed by atoms with Gasteiger partial charge in [-0.15, -0.1) is 0 Å². The summed E-state index contributed by atoms with van der Waals surface area (Å²) >= 11 is 0. The van der Waals surface area contributed by atoms with Crippen molar-refractivity contribution in [1.82, 2.24) is 25.3 Å². The van der Waals surface area contributed by atoms with Gasteiger partial charge in [-0.3, -0.25) is 4.90 Å². The minimum atomic E-state index is -0.389. The van der Waals surface area contributed by atoms with Gasteiger partial charge in [-0.25, -0.2) is 9.37 Å². The molecule has 7 heteroatoms. The third kappa shape index (κ3) is 2.79. The molecule has 1 saturated heterocycles. The van der Waals surface area contributed by atoms with E-state index in [1.807, 2.05) is 0 Å². The Balaban J connectivity index is 1.84. The van der Waals surface area contributed by atoms with E-state index in [1.165, 1.54) is 12.1 Å². The van der Waals surface area contributed by atoms with Crippen molar-refractivity contribution < 1.29 is 8.91 Å². The van der Waals surface area contributed by atoms with Crippen LogP contribution in [-0.4, -0.2) is 46.2 Å². The Morgan fingerprint density at radius 3 is 2.71 bits per heavy atom. The molecule has 6 nitrogen and oxygen atoms in total. The highest BCUT2D eigenvalue weighted by atomic mass is 19.1. The SMILES string of the molecule is CC(C)(c1noc(-c2ccc(F)cn2)n1)N1CCNCC1. The van der Waals surface area contributed by atoms with Crippen molar-refractivity contribution in [2.45, 2.75) is 19.4 Å². The summed E-state index contributed by atoms with van der Waals surface area (Å²) in [6.07, 6.45) is 1.14. The zero-order valence-electron chi connectivity index (χ0n) is 12.1. The molecule has 2 aromatic rings. The van der Waals surface area contributed by atoms with Crippen molar-refractivity contribution in [2.24, 2.45) is 0 Å². The van der Waals surface area contributed by atoms with Crippen LogP contribution in [-0.2, 0) is 5.54 Å². The molecule has 1 aliphatic rings. The number of aromatic nitrogens is 3. The van der Waals surface area contributed by atoms with Crippen LogP contribution >= 0.6 is 0 Å². The first-order valence-corrected chi connectivity index (χ1v) is 6.99. The summed E-state index contributed by atoms with van der Waals surface area (Å²) in [6.45, 7) is 7.93. The first-order chi connectivity index (χ1) is 10.1. The molecule has 3 heterocycles. The van der Waals surface area contributed by atoms with Gasteiger partial charge in [-0.05, 0) is 26.0 Å². The highest BCUT2D eigenvalue weighted by Crippen LogP contribution is 2.27. The summed E-state index contributed by atoms with van der Waals surface area (Å²) in [5.74, 6) is 0.540. The van der Waals surface area contributed by atoms with Gasteiger partial charge >= 0.3 is 0 Å². The lowest BCUT2D eigenvalue weighted by Crippen LogP contribution is -2.52. The average molecular weight is 291 g/mol. The monoisotopic (exact) mass is 291 g/mol. The molecule has 0 radical (unpaired) electrons. The lowest BCUT2D eigenvalue weighted by Gasteiger charge is -2.38. The summed E-state index contributed by atoms with van der Waals surface area (Å²) in [5.41, 5.74) is 0.162. The van der Waals surface area contributed by atoms with Crippen LogP contribution in [0.1, 0.15) is 19.7 Å². The largest absolute Gasteiger partial charge is 0.332 e. The van der Waals surface area contributed by atoms with E-state index in [0.29, 0.717) is 17.4 Å². The number of hydrogen-bond donors (Lipinski definition) is 1. The lowest BCUT2D eigenvalue weighted by atomic mass is 10.0. The van der Waals surface area contributed by atoms with Crippen molar-refractivity contribution in [2.75, 3.05) is 26.2 Å². The highest BCUT2D eigenvalue weighted by Gasteiger charge is 2.34. The second-order valence-electron chi connectivity index (χ2n) is 5.58. The third-order valence-electron chi connectivity index (χ3n) is 3.83. The van der Waals surface area contributed by atoms with E-state index in [2.05, 4.69) is 39.2 Å². The van der Waals surface area contributed by atoms with Crippen LogP contribution in [0, 0.1) is 5.82 Å². The van der Waals surface area contributed by atoms with Gasteiger partial charge < -0.3 is 9.84 Å². The van der Waals surface area contributed by atoms with E-state index in [4.69, 9.17) is 4.52 Å². The lowest BCUT2D eigenvalue weighted by molar-refractivity contribution is 0.0925. The standard InChI is InChI=1S/C14H18FN5O/c1-14(2,20-7-5-16-6-8-20)13-18-12(21-19-13)11-4-3-10(15)9-17-11/h3-4,9,16H,5-8H2,1-2H3.